The fraction of sp³-hybridized carbons (Fsp3) is 0.440. The Morgan fingerprint density at radius 2 is 1.42 bits per heavy atom. The van der Waals surface area contributed by atoms with E-state index in [-0.39, 0.29) is 29.3 Å². The summed E-state index contributed by atoms with van der Waals surface area (Å²) < 4.78 is 79.0. The third-order valence-corrected chi connectivity index (χ3v) is 6.39. The molecule has 0 unspecified atom stereocenters. The number of hydrogen-bond acceptors (Lipinski definition) is 3. The van der Waals surface area contributed by atoms with Crippen LogP contribution in [0.1, 0.15) is 64.4 Å². The van der Waals surface area contributed by atoms with E-state index in [1.807, 2.05) is 0 Å². The van der Waals surface area contributed by atoms with Crippen molar-refractivity contribution in [3.05, 3.63) is 58.7 Å². The molecule has 5 nitrogen and oxygen atoms in total. The molecule has 0 spiro atoms. The van der Waals surface area contributed by atoms with Gasteiger partial charge >= 0.3 is 12.4 Å². The summed E-state index contributed by atoms with van der Waals surface area (Å²) in [7, 11) is 0. The van der Waals surface area contributed by atoms with Crippen molar-refractivity contribution in [1.29, 1.82) is 0 Å². The number of anilines is 2. The molecule has 4 rings (SSSR count). The van der Waals surface area contributed by atoms with E-state index >= 15 is 0 Å². The van der Waals surface area contributed by atoms with Crippen molar-refractivity contribution >= 4 is 23.2 Å². The highest BCUT2D eigenvalue weighted by molar-refractivity contribution is 6.06. The van der Waals surface area contributed by atoms with E-state index in [0.717, 1.165) is 38.8 Å². The van der Waals surface area contributed by atoms with Crippen molar-refractivity contribution in [2.45, 2.75) is 51.0 Å². The molecule has 2 aliphatic rings. The van der Waals surface area contributed by atoms with Crippen molar-refractivity contribution in [2.24, 2.45) is 5.92 Å². The zero-order chi connectivity index (χ0) is 26.3. The first-order valence-electron chi connectivity index (χ1n) is 11.6. The molecule has 0 radical (unpaired) electrons. The second-order valence-corrected chi connectivity index (χ2v) is 9.40. The van der Waals surface area contributed by atoms with Crippen LogP contribution in [0.2, 0.25) is 0 Å². The summed E-state index contributed by atoms with van der Waals surface area (Å²) >= 11 is 0. The van der Waals surface area contributed by atoms with E-state index in [0.29, 0.717) is 23.7 Å². The van der Waals surface area contributed by atoms with Gasteiger partial charge in [0.1, 0.15) is 0 Å². The Morgan fingerprint density at radius 1 is 0.833 bits per heavy atom. The predicted molar refractivity (Wildman–Crippen MR) is 122 cm³/mol. The molecule has 2 aromatic carbocycles. The summed E-state index contributed by atoms with van der Waals surface area (Å²) in [5.41, 5.74) is -2.93. The minimum Gasteiger partial charge on any atom is -0.371 e. The second-order valence-electron chi connectivity index (χ2n) is 9.40. The van der Waals surface area contributed by atoms with Crippen LogP contribution < -0.4 is 15.5 Å². The van der Waals surface area contributed by atoms with Gasteiger partial charge in [-0.25, -0.2) is 0 Å². The maximum atomic E-state index is 13.2. The van der Waals surface area contributed by atoms with Gasteiger partial charge in [-0.15, -0.1) is 0 Å². The van der Waals surface area contributed by atoms with E-state index < -0.39 is 35.0 Å². The van der Waals surface area contributed by atoms with Gasteiger partial charge in [0.15, 0.2) is 0 Å². The largest absolute Gasteiger partial charge is 0.416 e. The molecule has 194 valence electrons. The number of nitrogens with one attached hydrogen (secondary N) is 2. The number of carbonyl (C=O) groups is 2. The van der Waals surface area contributed by atoms with Crippen molar-refractivity contribution in [1.82, 2.24) is 5.32 Å². The number of rotatable bonds is 5. The number of carbonyl (C=O) groups excluding carboxylic acids is 2. The molecular weight excluding hydrogens is 488 g/mol. The highest BCUT2D eigenvalue weighted by Crippen LogP contribution is 2.37. The van der Waals surface area contributed by atoms with Crippen LogP contribution >= 0.6 is 0 Å². The Bertz CT molecular complexity index is 1120. The zero-order valence-electron chi connectivity index (χ0n) is 19.4. The average Bonchev–Trinajstić information content (AvgIpc) is 3.62. The van der Waals surface area contributed by atoms with Crippen LogP contribution in [0.4, 0.5) is 37.7 Å². The van der Waals surface area contributed by atoms with Crippen LogP contribution in [0.15, 0.2) is 36.4 Å². The lowest BCUT2D eigenvalue weighted by atomic mass is 9.97. The number of amides is 2. The van der Waals surface area contributed by atoms with Crippen molar-refractivity contribution < 1.29 is 35.9 Å². The van der Waals surface area contributed by atoms with Crippen LogP contribution in [0.3, 0.4) is 0 Å². The maximum Gasteiger partial charge on any atom is 0.416 e. The first-order valence-corrected chi connectivity index (χ1v) is 11.6. The standard InChI is InChI=1S/C25H25F6N3O2/c1-14-6-8-34(9-7-14)21-5-4-19(13-20(21)23(36)32-18-2-3-18)33-22(35)15-10-16(24(26,27)28)12-17(11-15)25(29,30)31/h4-5,10-14,18H,2-3,6-9H2,1H3,(H,32,36)(H,33,35). The monoisotopic (exact) mass is 513 g/mol. The maximum absolute atomic E-state index is 13.2. The first-order chi connectivity index (χ1) is 16.8. The van der Waals surface area contributed by atoms with Crippen LogP contribution in [-0.4, -0.2) is 30.9 Å². The molecule has 2 aromatic rings. The van der Waals surface area contributed by atoms with Crippen molar-refractivity contribution in [3.8, 4) is 0 Å². The van der Waals surface area contributed by atoms with Crippen LogP contribution in [-0.2, 0) is 12.4 Å². The molecular formula is C25H25F6N3O2. The quantitative estimate of drug-likeness (QED) is 0.475. The zero-order valence-corrected chi connectivity index (χ0v) is 19.4. The number of alkyl halides is 6. The molecule has 0 aromatic heterocycles. The molecule has 11 heteroatoms. The molecule has 2 fully saturated rings. The van der Waals surface area contributed by atoms with Gasteiger partial charge in [0, 0.05) is 36.1 Å². The third kappa shape index (κ3) is 6.11. The lowest BCUT2D eigenvalue weighted by molar-refractivity contribution is -0.143. The number of nitrogens with zero attached hydrogens (tertiary/aromatic N) is 1. The summed E-state index contributed by atoms with van der Waals surface area (Å²) in [6, 6.07) is 5.30. The average molecular weight is 513 g/mol. The van der Waals surface area contributed by atoms with Gasteiger partial charge in [0.05, 0.1) is 16.7 Å². The van der Waals surface area contributed by atoms with Gasteiger partial charge in [0.2, 0.25) is 0 Å². The number of hydrogen-bond donors (Lipinski definition) is 2. The topological polar surface area (TPSA) is 61.4 Å². The minimum atomic E-state index is -5.07. The van der Waals surface area contributed by atoms with Gasteiger partial charge in [-0.3, -0.25) is 9.59 Å². The summed E-state index contributed by atoms with van der Waals surface area (Å²) in [5.74, 6) is -0.946. The van der Waals surface area contributed by atoms with E-state index in [9.17, 15) is 35.9 Å². The molecule has 1 saturated heterocycles. The predicted octanol–water partition coefficient (Wildman–Crippen LogP) is 6.11. The number of piperidine rings is 1. The molecule has 1 saturated carbocycles. The first kappa shape index (κ1) is 25.8. The van der Waals surface area contributed by atoms with E-state index in [1.165, 1.54) is 12.1 Å². The fourth-order valence-corrected chi connectivity index (χ4v) is 4.10. The summed E-state index contributed by atoms with van der Waals surface area (Å²) in [5, 5.41) is 5.24. The molecule has 1 aliphatic carbocycles. The fourth-order valence-electron chi connectivity index (χ4n) is 4.10. The minimum absolute atomic E-state index is 0.0363. The highest BCUT2D eigenvalue weighted by atomic mass is 19.4. The molecule has 2 N–H and O–H groups in total. The Labute approximate surface area is 203 Å². The Balaban J connectivity index is 1.63. The van der Waals surface area contributed by atoms with Crippen LogP contribution in [0.5, 0.6) is 0 Å². The van der Waals surface area contributed by atoms with Crippen LogP contribution in [0, 0.1) is 5.92 Å². The van der Waals surface area contributed by atoms with Gasteiger partial charge < -0.3 is 15.5 Å². The van der Waals surface area contributed by atoms with E-state index in [2.05, 4.69) is 22.5 Å². The molecule has 36 heavy (non-hydrogen) atoms. The molecule has 0 bridgehead atoms. The van der Waals surface area contributed by atoms with Crippen molar-refractivity contribution in [2.75, 3.05) is 23.3 Å². The Morgan fingerprint density at radius 3 is 1.94 bits per heavy atom. The van der Waals surface area contributed by atoms with Gasteiger partial charge in [-0.05, 0) is 68.0 Å². The normalized spacial score (nSPS) is 17.1. The third-order valence-electron chi connectivity index (χ3n) is 6.39. The summed E-state index contributed by atoms with van der Waals surface area (Å²) in [6.07, 6.45) is -6.54. The number of benzene rings is 2. The summed E-state index contributed by atoms with van der Waals surface area (Å²) in [6.45, 7) is 3.62. The second kappa shape index (κ2) is 9.67. The lowest BCUT2D eigenvalue weighted by Crippen LogP contribution is -2.35. The SMILES string of the molecule is CC1CCN(c2ccc(NC(=O)c3cc(C(F)(F)F)cc(C(F)(F)F)c3)cc2C(=O)NC2CC2)CC1. The van der Waals surface area contributed by atoms with Gasteiger partial charge in [-0.1, -0.05) is 6.92 Å². The van der Waals surface area contributed by atoms with Crippen molar-refractivity contribution in [3.63, 3.8) is 0 Å². The van der Waals surface area contributed by atoms with Gasteiger partial charge in [0.25, 0.3) is 11.8 Å². The Kier molecular flexibility index (Phi) is 6.94. The van der Waals surface area contributed by atoms with Gasteiger partial charge in [-0.2, -0.15) is 26.3 Å². The number of halogens is 6. The molecule has 1 aliphatic heterocycles. The highest BCUT2D eigenvalue weighted by Gasteiger charge is 2.37. The van der Waals surface area contributed by atoms with E-state index in [4.69, 9.17) is 0 Å². The van der Waals surface area contributed by atoms with E-state index in [1.54, 1.807) is 6.07 Å². The Hall–Kier alpha value is -3.24. The smallest absolute Gasteiger partial charge is 0.371 e. The van der Waals surface area contributed by atoms with Crippen LogP contribution in [0.25, 0.3) is 0 Å². The molecule has 1 heterocycles. The molecule has 2 amide bonds. The summed E-state index contributed by atoms with van der Waals surface area (Å²) in [4.78, 5) is 27.7. The molecule has 0 atom stereocenters. The lowest BCUT2D eigenvalue weighted by Gasteiger charge is -2.33.